The molecule has 9 heteroatoms. The fraction of sp³-hybridized carbons (Fsp3) is 0.0417. The number of H-pyrrole nitrogens is 1. The Kier molecular flexibility index (Phi) is 5.12. The van der Waals surface area contributed by atoms with Crippen molar-refractivity contribution in [1.82, 2.24) is 20.2 Å². The van der Waals surface area contributed by atoms with Gasteiger partial charge in [-0.2, -0.15) is 5.10 Å². The molecule has 33 heavy (non-hydrogen) atoms. The van der Waals surface area contributed by atoms with Gasteiger partial charge in [-0.1, -0.05) is 42.5 Å². The smallest absolute Gasteiger partial charge is 0.200 e. The molecule has 0 aliphatic rings. The van der Waals surface area contributed by atoms with Gasteiger partial charge in [0.2, 0.25) is 5.43 Å². The first-order chi connectivity index (χ1) is 16.1. The van der Waals surface area contributed by atoms with Crippen LogP contribution in [0.1, 0.15) is 16.9 Å². The van der Waals surface area contributed by atoms with Crippen LogP contribution in [0.5, 0.6) is 0 Å². The highest BCUT2D eigenvalue weighted by atomic mass is 16.3. The molecule has 0 radical (unpaired) electrons. The van der Waals surface area contributed by atoms with Gasteiger partial charge in [0.25, 0.3) is 0 Å². The number of rotatable bonds is 6. The van der Waals surface area contributed by atoms with E-state index < -0.39 is 0 Å². The summed E-state index contributed by atoms with van der Waals surface area (Å²) in [6, 6.07) is 16.5. The maximum absolute atomic E-state index is 13.4. The highest BCUT2D eigenvalue weighted by Crippen LogP contribution is 2.27. The number of nitrogens with zero attached hydrogens (tertiary/aromatic N) is 3. The van der Waals surface area contributed by atoms with Crippen LogP contribution in [0.15, 0.2) is 82.5 Å². The lowest BCUT2D eigenvalue weighted by Gasteiger charge is -2.14. The zero-order valence-corrected chi connectivity index (χ0v) is 17.4. The molecule has 3 aromatic heterocycles. The average Bonchev–Trinajstić information content (AvgIpc) is 3.38. The first-order valence-corrected chi connectivity index (χ1v) is 10.2. The summed E-state index contributed by atoms with van der Waals surface area (Å²) in [6.07, 6.45) is 4.43. The minimum Gasteiger partial charge on any atom is -0.458 e. The summed E-state index contributed by atoms with van der Waals surface area (Å²) >= 11 is 0. The van der Waals surface area contributed by atoms with Crippen molar-refractivity contribution in [2.75, 3.05) is 11.1 Å². The lowest BCUT2D eigenvalue weighted by molar-refractivity contribution is 0.548. The van der Waals surface area contributed by atoms with Crippen molar-refractivity contribution in [1.29, 1.82) is 5.41 Å². The van der Waals surface area contributed by atoms with Gasteiger partial charge < -0.3 is 15.5 Å². The molecule has 3 heterocycles. The first kappa shape index (κ1) is 20.1. The fourth-order valence-corrected chi connectivity index (χ4v) is 3.69. The third-order valence-corrected chi connectivity index (χ3v) is 5.26. The number of nitrogen functional groups attached to an aromatic ring is 1. The molecular weight excluding hydrogens is 418 g/mol. The normalized spacial score (nSPS) is 10.9. The summed E-state index contributed by atoms with van der Waals surface area (Å²) in [5, 5.41) is 18.8. The second kappa shape index (κ2) is 8.39. The van der Waals surface area contributed by atoms with Gasteiger partial charge in [-0.3, -0.25) is 15.3 Å². The van der Waals surface area contributed by atoms with Crippen molar-refractivity contribution < 1.29 is 4.42 Å². The van der Waals surface area contributed by atoms with Gasteiger partial charge in [-0.05, 0) is 17.7 Å². The third-order valence-electron chi connectivity index (χ3n) is 5.26. The molecule has 0 unspecified atom stereocenters. The maximum Gasteiger partial charge on any atom is 0.200 e. The maximum atomic E-state index is 13.4. The molecule has 0 amide bonds. The molecule has 162 valence electrons. The molecule has 5 rings (SSSR count). The Morgan fingerprint density at radius 3 is 2.67 bits per heavy atom. The van der Waals surface area contributed by atoms with E-state index in [0.29, 0.717) is 39.2 Å². The molecule has 0 aliphatic heterocycles. The summed E-state index contributed by atoms with van der Waals surface area (Å²) in [5.41, 5.74) is 8.67. The van der Waals surface area contributed by atoms with Gasteiger partial charge in [0.1, 0.15) is 29.3 Å². The van der Waals surface area contributed by atoms with Crippen LogP contribution in [-0.2, 0) is 6.54 Å². The van der Waals surface area contributed by atoms with Crippen LogP contribution in [0, 0.1) is 5.41 Å². The molecular formula is C24H19N7O2. The molecule has 0 aliphatic carbocycles. The number of benzene rings is 2. The quantitative estimate of drug-likeness (QED) is 0.297. The lowest BCUT2D eigenvalue weighted by atomic mass is 10.0. The Hall–Kier alpha value is -4.79. The van der Waals surface area contributed by atoms with Gasteiger partial charge in [-0.25, -0.2) is 9.97 Å². The summed E-state index contributed by atoms with van der Waals surface area (Å²) < 4.78 is 6.15. The van der Waals surface area contributed by atoms with Gasteiger partial charge >= 0.3 is 0 Å². The van der Waals surface area contributed by atoms with Crippen LogP contribution in [-0.4, -0.2) is 25.9 Å². The average molecular weight is 437 g/mol. The number of hydrogen-bond acceptors (Lipinski definition) is 8. The standard InChI is InChI=1S/C24H19N7O2/c25-21(15-10-30-31-11-15)20-23(26)28-13-29-24(20)27-12-18-19(14-6-2-1-3-7-14)22(32)16-8-4-5-9-17(16)33-18/h1-11,13,25H,12H2,(H,30,31)(H3,26,27,28,29). The van der Waals surface area contributed by atoms with E-state index >= 15 is 0 Å². The molecule has 0 fully saturated rings. The number of nitrogens with one attached hydrogen (secondary N) is 3. The van der Waals surface area contributed by atoms with Crippen molar-refractivity contribution >= 4 is 28.3 Å². The van der Waals surface area contributed by atoms with Crippen LogP contribution in [0.25, 0.3) is 22.1 Å². The highest BCUT2D eigenvalue weighted by Gasteiger charge is 2.20. The Bertz CT molecular complexity index is 1510. The van der Waals surface area contributed by atoms with Gasteiger partial charge in [0, 0.05) is 11.8 Å². The molecule has 0 saturated heterocycles. The lowest BCUT2D eigenvalue weighted by Crippen LogP contribution is -2.15. The number of fused-ring (bicyclic) bond motifs is 1. The van der Waals surface area contributed by atoms with Crippen LogP contribution in [0.4, 0.5) is 11.6 Å². The SMILES string of the molecule is N=C(c1cn[nH]c1)c1c(N)ncnc1NCc1oc2ccccc2c(=O)c1-c1ccccc1. The largest absolute Gasteiger partial charge is 0.458 e. The fourth-order valence-electron chi connectivity index (χ4n) is 3.69. The Morgan fingerprint density at radius 1 is 1.09 bits per heavy atom. The highest BCUT2D eigenvalue weighted by molar-refractivity contribution is 6.15. The predicted molar refractivity (Wildman–Crippen MR) is 126 cm³/mol. The van der Waals surface area contributed by atoms with E-state index in [1.54, 1.807) is 18.3 Å². The molecule has 0 spiro atoms. The zero-order valence-electron chi connectivity index (χ0n) is 17.4. The predicted octanol–water partition coefficient (Wildman–Crippen LogP) is 3.58. The molecule has 0 saturated carbocycles. The van der Waals surface area contributed by atoms with E-state index in [4.69, 9.17) is 15.6 Å². The van der Waals surface area contributed by atoms with Gasteiger partial charge in [-0.15, -0.1) is 0 Å². The van der Waals surface area contributed by atoms with E-state index in [1.165, 1.54) is 12.5 Å². The second-order valence-corrected chi connectivity index (χ2v) is 7.29. The van der Waals surface area contributed by atoms with E-state index in [2.05, 4.69) is 25.5 Å². The molecule has 5 N–H and O–H groups in total. The van der Waals surface area contributed by atoms with Crippen molar-refractivity contribution in [2.45, 2.75) is 6.54 Å². The number of aromatic amines is 1. The number of para-hydroxylation sites is 1. The van der Waals surface area contributed by atoms with Crippen LogP contribution >= 0.6 is 0 Å². The van der Waals surface area contributed by atoms with Crippen molar-refractivity contribution in [3.63, 3.8) is 0 Å². The summed E-state index contributed by atoms with van der Waals surface area (Å²) in [6.45, 7) is 0.145. The molecule has 5 aromatic rings. The number of anilines is 2. The monoisotopic (exact) mass is 437 g/mol. The second-order valence-electron chi connectivity index (χ2n) is 7.29. The Balaban J connectivity index is 1.58. The number of nitrogens with two attached hydrogens (primary N) is 1. The summed E-state index contributed by atoms with van der Waals surface area (Å²) in [5.74, 6) is 0.952. The van der Waals surface area contributed by atoms with Gasteiger partial charge in [0.15, 0.2) is 0 Å². The minimum atomic E-state index is -0.117. The summed E-state index contributed by atoms with van der Waals surface area (Å²) in [7, 11) is 0. The Labute approximate surface area is 187 Å². The van der Waals surface area contributed by atoms with Crippen LogP contribution in [0.3, 0.4) is 0 Å². The molecule has 0 atom stereocenters. The van der Waals surface area contributed by atoms with E-state index in [1.807, 2.05) is 42.5 Å². The molecule has 9 nitrogen and oxygen atoms in total. The minimum absolute atomic E-state index is 0.117. The third kappa shape index (κ3) is 3.72. The van der Waals surface area contributed by atoms with E-state index in [0.717, 1.165) is 5.56 Å². The van der Waals surface area contributed by atoms with E-state index in [-0.39, 0.29) is 23.5 Å². The number of hydrogen-bond donors (Lipinski definition) is 4. The van der Waals surface area contributed by atoms with Crippen LogP contribution < -0.4 is 16.5 Å². The molecule has 0 bridgehead atoms. The van der Waals surface area contributed by atoms with Crippen molar-refractivity contribution in [2.24, 2.45) is 0 Å². The van der Waals surface area contributed by atoms with Crippen LogP contribution in [0.2, 0.25) is 0 Å². The topological polar surface area (TPSA) is 147 Å². The number of aromatic nitrogens is 4. The van der Waals surface area contributed by atoms with Crippen molar-refractivity contribution in [3.8, 4) is 11.1 Å². The van der Waals surface area contributed by atoms with Gasteiger partial charge in [0.05, 0.1) is 35.0 Å². The van der Waals surface area contributed by atoms with E-state index in [9.17, 15) is 4.79 Å². The molecule has 2 aromatic carbocycles. The van der Waals surface area contributed by atoms with Crippen molar-refractivity contribution in [3.05, 3.63) is 100 Å². The first-order valence-electron chi connectivity index (χ1n) is 10.2. The summed E-state index contributed by atoms with van der Waals surface area (Å²) in [4.78, 5) is 21.7. The zero-order chi connectivity index (χ0) is 22.8. The Morgan fingerprint density at radius 2 is 1.88 bits per heavy atom.